The molecule has 0 aromatic heterocycles. The number of thioether (sulfide) groups is 1. The monoisotopic (exact) mass is 215 g/mol. The summed E-state index contributed by atoms with van der Waals surface area (Å²) in [5, 5.41) is 2.70. The summed E-state index contributed by atoms with van der Waals surface area (Å²) >= 11 is 1.94. The predicted octanol–water partition coefficient (Wildman–Crippen LogP) is 3.09. The molecule has 0 saturated heterocycles. The first-order valence-corrected chi connectivity index (χ1v) is 6.35. The van der Waals surface area contributed by atoms with Crippen LogP contribution in [0.2, 0.25) is 0 Å². The van der Waals surface area contributed by atoms with Gasteiger partial charge in [-0.2, -0.15) is 11.8 Å². The van der Waals surface area contributed by atoms with E-state index in [0.717, 1.165) is 11.5 Å². The van der Waals surface area contributed by atoms with Crippen LogP contribution < -0.4 is 5.73 Å². The third kappa shape index (κ3) is 1.45. The smallest absolute Gasteiger partial charge is 0.0390 e. The molecule has 1 aliphatic rings. The molecule has 3 rings (SSSR count). The molecule has 2 heteroatoms. The van der Waals surface area contributed by atoms with Gasteiger partial charge in [0.2, 0.25) is 0 Å². The van der Waals surface area contributed by atoms with Gasteiger partial charge in [-0.1, -0.05) is 36.4 Å². The Morgan fingerprint density at radius 1 is 1.13 bits per heavy atom. The summed E-state index contributed by atoms with van der Waals surface area (Å²) in [6.45, 7) is 0. The molecule has 2 aromatic rings. The van der Waals surface area contributed by atoms with Crippen molar-refractivity contribution in [1.82, 2.24) is 0 Å². The van der Waals surface area contributed by atoms with Crippen LogP contribution in [0.25, 0.3) is 10.8 Å². The number of benzene rings is 2. The van der Waals surface area contributed by atoms with Crippen molar-refractivity contribution in [3.8, 4) is 0 Å². The number of nitrogens with two attached hydrogens (primary N) is 1. The molecule has 1 aliphatic heterocycles. The Kier molecular flexibility index (Phi) is 2.19. The molecule has 15 heavy (non-hydrogen) atoms. The molecule has 0 saturated carbocycles. The van der Waals surface area contributed by atoms with Crippen molar-refractivity contribution in [2.75, 3.05) is 5.75 Å². The molecule has 0 bridgehead atoms. The zero-order valence-corrected chi connectivity index (χ0v) is 9.26. The van der Waals surface area contributed by atoms with Gasteiger partial charge in [0.1, 0.15) is 0 Å². The van der Waals surface area contributed by atoms with Crippen LogP contribution in [-0.4, -0.2) is 5.75 Å². The maximum atomic E-state index is 6.12. The molecule has 76 valence electrons. The lowest BCUT2D eigenvalue weighted by molar-refractivity contribution is 0.813. The van der Waals surface area contributed by atoms with Crippen LogP contribution in [-0.2, 0) is 5.75 Å². The highest BCUT2D eigenvalue weighted by Gasteiger charge is 2.18. The molecule has 1 atom stereocenters. The highest BCUT2D eigenvalue weighted by atomic mass is 32.2. The highest BCUT2D eigenvalue weighted by molar-refractivity contribution is 7.98. The number of hydrogen-bond acceptors (Lipinski definition) is 2. The van der Waals surface area contributed by atoms with Gasteiger partial charge in [0.05, 0.1) is 0 Å². The van der Waals surface area contributed by atoms with E-state index >= 15 is 0 Å². The fraction of sp³-hybridized carbons (Fsp3) is 0.231. The molecule has 2 aromatic carbocycles. The lowest BCUT2D eigenvalue weighted by atomic mass is 9.96. The van der Waals surface area contributed by atoms with Crippen molar-refractivity contribution in [2.24, 2.45) is 5.73 Å². The molecule has 1 heterocycles. The Morgan fingerprint density at radius 2 is 2.00 bits per heavy atom. The third-order valence-electron chi connectivity index (χ3n) is 3.02. The van der Waals surface area contributed by atoms with Crippen molar-refractivity contribution in [1.29, 1.82) is 0 Å². The topological polar surface area (TPSA) is 26.0 Å². The molecular formula is C13H13NS. The van der Waals surface area contributed by atoms with E-state index in [2.05, 4.69) is 36.4 Å². The first-order chi connectivity index (χ1) is 7.36. The molecule has 0 aliphatic carbocycles. The minimum Gasteiger partial charge on any atom is -0.323 e. The second-order valence-electron chi connectivity index (χ2n) is 3.98. The maximum Gasteiger partial charge on any atom is 0.0390 e. The van der Waals surface area contributed by atoms with Crippen LogP contribution in [0.3, 0.4) is 0 Å². The average Bonchev–Trinajstić information content (AvgIpc) is 2.29. The van der Waals surface area contributed by atoms with Gasteiger partial charge in [0.15, 0.2) is 0 Å². The van der Waals surface area contributed by atoms with Crippen molar-refractivity contribution < 1.29 is 0 Å². The summed E-state index contributed by atoms with van der Waals surface area (Å²) in [6.07, 6.45) is 0. The lowest BCUT2D eigenvalue weighted by Gasteiger charge is -2.23. The van der Waals surface area contributed by atoms with Crippen molar-refractivity contribution in [3.63, 3.8) is 0 Å². The van der Waals surface area contributed by atoms with Crippen LogP contribution in [0.5, 0.6) is 0 Å². The Labute approximate surface area is 93.7 Å². The van der Waals surface area contributed by atoms with Crippen molar-refractivity contribution >= 4 is 22.5 Å². The van der Waals surface area contributed by atoms with Crippen LogP contribution in [0, 0.1) is 0 Å². The van der Waals surface area contributed by atoms with Gasteiger partial charge in [-0.05, 0) is 21.9 Å². The fourth-order valence-electron chi connectivity index (χ4n) is 2.24. The maximum absolute atomic E-state index is 6.12. The van der Waals surface area contributed by atoms with Crippen LogP contribution in [0.1, 0.15) is 17.2 Å². The average molecular weight is 215 g/mol. The summed E-state index contributed by atoms with van der Waals surface area (Å²) in [7, 11) is 0. The molecule has 0 radical (unpaired) electrons. The molecule has 1 nitrogen and oxygen atoms in total. The van der Waals surface area contributed by atoms with Gasteiger partial charge >= 0.3 is 0 Å². The molecular weight excluding hydrogens is 202 g/mol. The van der Waals surface area contributed by atoms with Gasteiger partial charge < -0.3 is 5.73 Å². The highest BCUT2D eigenvalue weighted by Crippen LogP contribution is 2.34. The zero-order chi connectivity index (χ0) is 10.3. The first kappa shape index (κ1) is 9.25. The summed E-state index contributed by atoms with van der Waals surface area (Å²) in [5.41, 5.74) is 8.90. The summed E-state index contributed by atoms with van der Waals surface area (Å²) in [4.78, 5) is 0. The van der Waals surface area contributed by atoms with E-state index < -0.39 is 0 Å². The van der Waals surface area contributed by atoms with Gasteiger partial charge in [0.25, 0.3) is 0 Å². The lowest BCUT2D eigenvalue weighted by Crippen LogP contribution is -2.18. The van der Waals surface area contributed by atoms with E-state index in [0.29, 0.717) is 0 Å². The van der Waals surface area contributed by atoms with Crippen LogP contribution in [0.4, 0.5) is 0 Å². The van der Waals surface area contributed by atoms with Gasteiger partial charge in [-0.25, -0.2) is 0 Å². The van der Waals surface area contributed by atoms with Gasteiger partial charge in [0, 0.05) is 17.5 Å². The third-order valence-corrected chi connectivity index (χ3v) is 4.11. The standard InChI is InChI=1S/C13H13NS/c14-13-8-15-7-12-10-4-2-1-3-9(10)5-6-11(12)13/h1-6,13H,7-8,14H2/t13-/m0/s1. The van der Waals surface area contributed by atoms with E-state index in [4.69, 9.17) is 5.73 Å². The largest absolute Gasteiger partial charge is 0.323 e. The van der Waals surface area contributed by atoms with E-state index in [1.165, 1.54) is 21.9 Å². The summed E-state index contributed by atoms with van der Waals surface area (Å²) in [5.74, 6) is 2.15. The number of fused-ring (bicyclic) bond motifs is 3. The zero-order valence-electron chi connectivity index (χ0n) is 8.44. The normalized spacial score (nSPS) is 20.2. The molecule has 0 unspecified atom stereocenters. The van der Waals surface area contributed by atoms with E-state index in [1.54, 1.807) is 0 Å². The van der Waals surface area contributed by atoms with E-state index in [1.807, 2.05) is 11.8 Å². The number of rotatable bonds is 0. The van der Waals surface area contributed by atoms with Crippen LogP contribution in [0.15, 0.2) is 36.4 Å². The fourth-order valence-corrected chi connectivity index (χ4v) is 3.32. The first-order valence-electron chi connectivity index (χ1n) is 5.20. The minimum absolute atomic E-state index is 0.211. The Balaban J connectivity index is 2.33. The van der Waals surface area contributed by atoms with Crippen molar-refractivity contribution in [3.05, 3.63) is 47.5 Å². The van der Waals surface area contributed by atoms with Gasteiger partial charge in [-0.15, -0.1) is 0 Å². The quantitative estimate of drug-likeness (QED) is 0.731. The van der Waals surface area contributed by atoms with Crippen molar-refractivity contribution in [2.45, 2.75) is 11.8 Å². The summed E-state index contributed by atoms with van der Waals surface area (Å²) in [6, 6.07) is 13.2. The summed E-state index contributed by atoms with van der Waals surface area (Å²) < 4.78 is 0. The molecule has 2 N–H and O–H groups in total. The van der Waals surface area contributed by atoms with Gasteiger partial charge in [-0.3, -0.25) is 0 Å². The Morgan fingerprint density at radius 3 is 2.93 bits per heavy atom. The second kappa shape index (κ2) is 3.54. The molecule has 0 fully saturated rings. The molecule has 0 spiro atoms. The number of hydrogen-bond donors (Lipinski definition) is 1. The minimum atomic E-state index is 0.211. The van der Waals surface area contributed by atoms with E-state index in [-0.39, 0.29) is 6.04 Å². The SMILES string of the molecule is N[C@H]1CSCc2c1ccc1ccccc21. The Hall–Kier alpha value is -0.990. The predicted molar refractivity (Wildman–Crippen MR) is 67.0 cm³/mol. The Bertz CT molecular complexity index is 507. The van der Waals surface area contributed by atoms with Crippen LogP contribution >= 0.6 is 11.8 Å². The van der Waals surface area contributed by atoms with E-state index in [9.17, 15) is 0 Å². The molecule has 0 amide bonds. The second-order valence-corrected chi connectivity index (χ2v) is 5.01.